The van der Waals surface area contributed by atoms with Gasteiger partial charge in [-0.2, -0.15) is 0 Å². The van der Waals surface area contributed by atoms with E-state index in [1.54, 1.807) is 11.9 Å². The van der Waals surface area contributed by atoms with E-state index >= 15 is 0 Å². The van der Waals surface area contributed by atoms with Crippen molar-refractivity contribution >= 4 is 23.2 Å². The summed E-state index contributed by atoms with van der Waals surface area (Å²) in [6, 6.07) is 2.52. The van der Waals surface area contributed by atoms with Crippen LogP contribution in [0.25, 0.3) is 0 Å². The number of hydrogen-bond donors (Lipinski definition) is 1. The van der Waals surface area contributed by atoms with Crippen molar-refractivity contribution < 1.29 is 9.59 Å². The second-order valence-corrected chi connectivity index (χ2v) is 7.36. The third-order valence-corrected chi connectivity index (χ3v) is 5.77. The first-order chi connectivity index (χ1) is 10.5. The van der Waals surface area contributed by atoms with E-state index in [0.29, 0.717) is 25.6 Å². The fourth-order valence-corrected chi connectivity index (χ4v) is 4.10. The van der Waals surface area contributed by atoms with Crippen molar-refractivity contribution in [3.8, 4) is 0 Å². The first kappa shape index (κ1) is 15.5. The molecule has 1 aromatic rings. The van der Waals surface area contributed by atoms with Crippen LogP contribution in [0.3, 0.4) is 0 Å². The fourth-order valence-electron chi connectivity index (χ4n) is 3.21. The lowest BCUT2D eigenvalue weighted by Gasteiger charge is -2.32. The van der Waals surface area contributed by atoms with E-state index in [4.69, 9.17) is 0 Å². The molecule has 0 saturated carbocycles. The number of carbonyl (C=O) groups is 2. The molecule has 1 N–H and O–H groups in total. The van der Waals surface area contributed by atoms with Crippen LogP contribution < -0.4 is 5.32 Å². The molecule has 5 nitrogen and oxygen atoms in total. The van der Waals surface area contributed by atoms with Gasteiger partial charge >= 0.3 is 0 Å². The monoisotopic (exact) mass is 321 g/mol. The van der Waals surface area contributed by atoms with Crippen molar-refractivity contribution in [1.29, 1.82) is 0 Å². The van der Waals surface area contributed by atoms with Crippen LogP contribution in [0, 0.1) is 5.92 Å². The number of fused-ring (bicyclic) bond motifs is 1. The van der Waals surface area contributed by atoms with E-state index in [2.05, 4.69) is 28.6 Å². The van der Waals surface area contributed by atoms with Gasteiger partial charge in [-0.3, -0.25) is 14.5 Å². The molecular weight excluding hydrogens is 298 g/mol. The van der Waals surface area contributed by atoms with Crippen molar-refractivity contribution in [2.45, 2.75) is 32.4 Å². The molecule has 1 saturated heterocycles. The van der Waals surface area contributed by atoms with E-state index in [1.807, 2.05) is 11.3 Å². The predicted octanol–water partition coefficient (Wildman–Crippen LogP) is 1.09. The first-order valence-electron chi connectivity index (χ1n) is 7.85. The van der Waals surface area contributed by atoms with Gasteiger partial charge in [0.2, 0.25) is 11.8 Å². The van der Waals surface area contributed by atoms with Crippen molar-refractivity contribution in [2.24, 2.45) is 5.92 Å². The highest BCUT2D eigenvalue weighted by molar-refractivity contribution is 7.10. The third kappa shape index (κ3) is 3.17. The van der Waals surface area contributed by atoms with Crippen molar-refractivity contribution in [1.82, 2.24) is 15.1 Å². The number of thiophene rings is 1. The van der Waals surface area contributed by atoms with Gasteiger partial charge in [0.15, 0.2) is 0 Å². The molecule has 3 heterocycles. The van der Waals surface area contributed by atoms with Gasteiger partial charge in [-0.15, -0.1) is 11.3 Å². The van der Waals surface area contributed by atoms with Gasteiger partial charge in [-0.1, -0.05) is 0 Å². The minimum Gasteiger partial charge on any atom is -0.354 e. The molecule has 0 aromatic carbocycles. The van der Waals surface area contributed by atoms with Gasteiger partial charge in [0.25, 0.3) is 0 Å². The Morgan fingerprint density at radius 1 is 1.55 bits per heavy atom. The molecule has 1 fully saturated rings. The maximum atomic E-state index is 12.2. The van der Waals surface area contributed by atoms with Crippen LogP contribution in [-0.4, -0.2) is 54.3 Å². The van der Waals surface area contributed by atoms with Crippen molar-refractivity contribution in [3.63, 3.8) is 0 Å². The highest BCUT2D eigenvalue weighted by Crippen LogP contribution is 2.25. The average Bonchev–Trinajstić information content (AvgIpc) is 3.10. The summed E-state index contributed by atoms with van der Waals surface area (Å²) in [5, 5.41) is 5.18. The molecule has 6 heteroatoms. The summed E-state index contributed by atoms with van der Waals surface area (Å²) in [6.07, 6.45) is 1.45. The van der Waals surface area contributed by atoms with Gasteiger partial charge in [-0.05, 0) is 30.4 Å². The van der Waals surface area contributed by atoms with Crippen molar-refractivity contribution in [3.05, 3.63) is 21.9 Å². The summed E-state index contributed by atoms with van der Waals surface area (Å²) in [5.74, 6) is -0.110. The topological polar surface area (TPSA) is 52.7 Å². The van der Waals surface area contributed by atoms with Crippen LogP contribution in [0.4, 0.5) is 0 Å². The van der Waals surface area contributed by atoms with Gasteiger partial charge in [0.05, 0.1) is 5.92 Å². The van der Waals surface area contributed by atoms with Crippen molar-refractivity contribution in [2.75, 3.05) is 26.7 Å². The van der Waals surface area contributed by atoms with Gasteiger partial charge in [-0.25, -0.2) is 0 Å². The Kier molecular flexibility index (Phi) is 4.49. The molecular formula is C16H23N3O2S. The Bertz CT molecular complexity index is 571. The highest BCUT2D eigenvalue weighted by atomic mass is 32.1. The molecule has 3 rings (SSSR count). The standard InChI is InChI=1S/C16H23N3O2S/c1-11(19-5-3-14-12(10-19)4-6-22-14)8-17-16(21)13-7-15(20)18(2)9-13/h4,6,11,13H,3,5,7-10H2,1-2H3,(H,17,21)/t11-,13+/m0/s1. The molecule has 1 aromatic heterocycles. The lowest BCUT2D eigenvalue weighted by Crippen LogP contribution is -2.45. The maximum absolute atomic E-state index is 12.2. The number of amides is 2. The SMILES string of the molecule is C[C@@H](CNC(=O)[C@@H]1CC(=O)N(C)C1)N1CCc2sccc2C1. The zero-order chi connectivity index (χ0) is 15.7. The van der Waals surface area contributed by atoms with E-state index in [-0.39, 0.29) is 17.7 Å². The summed E-state index contributed by atoms with van der Waals surface area (Å²) in [6.45, 7) is 5.37. The largest absolute Gasteiger partial charge is 0.354 e. The molecule has 2 aliphatic rings. The normalized spacial score (nSPS) is 23.5. The molecule has 0 bridgehead atoms. The number of carbonyl (C=O) groups excluding carboxylic acids is 2. The molecule has 0 spiro atoms. The molecule has 2 amide bonds. The Labute approximate surface area is 135 Å². The summed E-state index contributed by atoms with van der Waals surface area (Å²) < 4.78 is 0. The van der Waals surface area contributed by atoms with Crippen LogP contribution >= 0.6 is 11.3 Å². The first-order valence-corrected chi connectivity index (χ1v) is 8.73. The predicted molar refractivity (Wildman–Crippen MR) is 86.6 cm³/mol. The number of likely N-dealkylation sites (tertiary alicyclic amines) is 1. The van der Waals surface area contributed by atoms with Crippen LogP contribution in [-0.2, 0) is 22.6 Å². The zero-order valence-electron chi connectivity index (χ0n) is 13.2. The Morgan fingerprint density at radius 2 is 2.36 bits per heavy atom. The second-order valence-electron chi connectivity index (χ2n) is 6.36. The summed E-state index contributed by atoms with van der Waals surface area (Å²) in [4.78, 5) is 29.2. The molecule has 22 heavy (non-hydrogen) atoms. The Morgan fingerprint density at radius 3 is 3.09 bits per heavy atom. The highest BCUT2D eigenvalue weighted by Gasteiger charge is 2.32. The van der Waals surface area contributed by atoms with E-state index in [9.17, 15) is 9.59 Å². The van der Waals surface area contributed by atoms with Crippen LogP contribution in [0.15, 0.2) is 11.4 Å². The third-order valence-electron chi connectivity index (χ3n) is 4.74. The fraction of sp³-hybridized carbons (Fsp3) is 0.625. The van der Waals surface area contributed by atoms with Gasteiger partial charge in [0.1, 0.15) is 0 Å². The number of rotatable bonds is 4. The Hall–Kier alpha value is -1.40. The van der Waals surface area contributed by atoms with Crippen LogP contribution in [0.5, 0.6) is 0 Å². The average molecular weight is 321 g/mol. The molecule has 0 aliphatic carbocycles. The summed E-state index contributed by atoms with van der Waals surface area (Å²) in [7, 11) is 1.75. The zero-order valence-corrected chi connectivity index (χ0v) is 14.0. The molecule has 2 aliphatic heterocycles. The minimum absolute atomic E-state index is 0.0118. The molecule has 120 valence electrons. The quantitative estimate of drug-likeness (QED) is 0.903. The number of hydrogen-bond acceptors (Lipinski definition) is 4. The smallest absolute Gasteiger partial charge is 0.225 e. The van der Waals surface area contributed by atoms with Gasteiger partial charge in [0, 0.05) is 50.6 Å². The van der Waals surface area contributed by atoms with Crippen LogP contribution in [0.2, 0.25) is 0 Å². The van der Waals surface area contributed by atoms with Gasteiger partial charge < -0.3 is 10.2 Å². The van der Waals surface area contributed by atoms with E-state index in [0.717, 1.165) is 19.5 Å². The summed E-state index contributed by atoms with van der Waals surface area (Å²) >= 11 is 1.84. The van der Waals surface area contributed by atoms with Crippen LogP contribution in [0.1, 0.15) is 23.8 Å². The molecule has 0 radical (unpaired) electrons. The number of nitrogens with zero attached hydrogens (tertiary/aromatic N) is 2. The lowest BCUT2D eigenvalue weighted by molar-refractivity contribution is -0.128. The molecule has 0 unspecified atom stereocenters. The Balaban J connectivity index is 1.48. The summed E-state index contributed by atoms with van der Waals surface area (Å²) in [5.41, 5.74) is 1.43. The maximum Gasteiger partial charge on any atom is 0.225 e. The van der Waals surface area contributed by atoms with E-state index < -0.39 is 0 Å². The number of nitrogens with one attached hydrogen (secondary N) is 1. The second kappa shape index (κ2) is 6.38. The lowest BCUT2D eigenvalue weighted by atomic mass is 10.1. The van der Waals surface area contributed by atoms with E-state index in [1.165, 1.54) is 10.4 Å². The molecule has 2 atom stereocenters. The minimum atomic E-state index is -0.186.